The average Bonchev–Trinajstić information content (AvgIpc) is 1.68. The van der Waals surface area contributed by atoms with Crippen molar-refractivity contribution in [1.29, 1.82) is 0 Å². The van der Waals surface area contributed by atoms with Crippen LogP contribution in [0, 0.1) is 5.92 Å². The smallest absolute Gasteiger partial charge is 0.224 e. The van der Waals surface area contributed by atoms with Crippen LogP contribution in [0.5, 0.6) is 0 Å². The lowest BCUT2D eigenvalue weighted by Crippen LogP contribution is -1.95. The fourth-order valence-electron chi connectivity index (χ4n) is 0. The molecule has 0 aliphatic carbocycles. The van der Waals surface area contributed by atoms with Crippen molar-refractivity contribution in [1.82, 2.24) is 0 Å². The Hall–Kier alpha value is 0.540. The second-order valence-electron chi connectivity index (χ2n) is 1.56. The van der Waals surface area contributed by atoms with Crippen molar-refractivity contribution in [3.05, 3.63) is 0 Å². The highest BCUT2D eigenvalue weighted by Gasteiger charge is 1.98. The lowest BCUT2D eigenvalue weighted by atomic mass is 10.3. The Morgan fingerprint density at radius 1 is 1.44 bits per heavy atom. The van der Waals surface area contributed by atoms with E-state index in [1.54, 1.807) is 13.8 Å². The molecule has 0 spiro atoms. The van der Waals surface area contributed by atoms with Gasteiger partial charge in [-0.05, 0) is 11.6 Å². The molecule has 0 atom stereocenters. The van der Waals surface area contributed by atoms with Crippen molar-refractivity contribution in [2.75, 3.05) is 5.34 Å². The van der Waals surface area contributed by atoms with Crippen LogP contribution in [0.4, 0.5) is 0 Å². The molecule has 0 N–H and O–H groups in total. The lowest BCUT2D eigenvalue weighted by molar-refractivity contribution is -0.114. The van der Waals surface area contributed by atoms with Crippen molar-refractivity contribution >= 4 is 40.0 Å². The van der Waals surface area contributed by atoms with Gasteiger partial charge in [-0.1, -0.05) is 13.8 Å². The summed E-state index contributed by atoms with van der Waals surface area (Å²) < 4.78 is 0. The Morgan fingerprint density at radius 2 is 1.56 bits per heavy atom. The Morgan fingerprint density at radius 3 is 1.56 bits per heavy atom. The van der Waals surface area contributed by atoms with E-state index >= 15 is 0 Å². The van der Waals surface area contributed by atoms with Crippen molar-refractivity contribution in [2.24, 2.45) is 5.92 Å². The molecule has 0 bridgehead atoms. The lowest BCUT2D eigenvalue weighted by Gasteiger charge is -1.88. The highest BCUT2D eigenvalue weighted by molar-refractivity contribution is 6.63. The summed E-state index contributed by atoms with van der Waals surface area (Å²) in [7, 11) is 0. The number of carbonyl (C=O) groups is 1. The van der Waals surface area contributed by atoms with Crippen LogP contribution >= 0.6 is 34.8 Å². The highest BCUT2D eigenvalue weighted by Crippen LogP contribution is 1.95. The third-order valence-electron chi connectivity index (χ3n) is 0.454. The predicted octanol–water partition coefficient (Wildman–Crippen LogP) is 2.83. The van der Waals surface area contributed by atoms with E-state index < -0.39 is 0 Å². The van der Waals surface area contributed by atoms with Crippen LogP contribution in [0.3, 0.4) is 0 Å². The zero-order valence-corrected chi connectivity index (χ0v) is 7.59. The summed E-state index contributed by atoms with van der Waals surface area (Å²) in [6.45, 7) is 3.52. The van der Waals surface area contributed by atoms with Crippen LogP contribution in [0.2, 0.25) is 0 Å². The normalized spacial score (nSPS) is 8.22. The van der Waals surface area contributed by atoms with Crippen molar-refractivity contribution in [2.45, 2.75) is 13.8 Å². The van der Waals surface area contributed by atoms with Crippen LogP contribution in [0.25, 0.3) is 0 Å². The topological polar surface area (TPSA) is 17.1 Å². The van der Waals surface area contributed by atoms with Gasteiger partial charge in [-0.15, -0.1) is 23.2 Å². The second-order valence-corrected chi connectivity index (χ2v) is 2.74. The van der Waals surface area contributed by atoms with E-state index in [9.17, 15) is 4.79 Å². The molecule has 0 aliphatic rings. The standard InChI is InChI=1S/C4H7ClO.CH2Cl2/c1-3(2)4(5)6;2-1-3/h3H,1-2H3;1H2. The van der Waals surface area contributed by atoms with Gasteiger partial charge in [0.2, 0.25) is 5.24 Å². The van der Waals surface area contributed by atoms with Gasteiger partial charge in [0, 0.05) is 5.92 Å². The number of carbonyl (C=O) groups excluding carboxylic acids is 1. The monoisotopic (exact) mass is 190 g/mol. The van der Waals surface area contributed by atoms with E-state index in [2.05, 4.69) is 0 Å². The van der Waals surface area contributed by atoms with E-state index in [1.165, 1.54) is 0 Å². The van der Waals surface area contributed by atoms with Crippen LogP contribution < -0.4 is 0 Å². The molecule has 0 fully saturated rings. The van der Waals surface area contributed by atoms with E-state index in [-0.39, 0.29) is 16.5 Å². The minimum Gasteiger partial charge on any atom is -0.281 e. The molecule has 0 aliphatic heterocycles. The number of hydrogen-bond donors (Lipinski definition) is 0. The zero-order valence-electron chi connectivity index (χ0n) is 5.33. The minimum absolute atomic E-state index is 0.0216. The van der Waals surface area contributed by atoms with Crippen LogP contribution in [-0.4, -0.2) is 10.6 Å². The van der Waals surface area contributed by atoms with Crippen LogP contribution in [-0.2, 0) is 4.79 Å². The summed E-state index contributed by atoms with van der Waals surface area (Å²) in [6.07, 6.45) is 0. The summed E-state index contributed by atoms with van der Waals surface area (Å²) >= 11 is 14.5. The Balaban J connectivity index is 0. The van der Waals surface area contributed by atoms with E-state index in [0.717, 1.165) is 0 Å². The molecule has 0 unspecified atom stereocenters. The summed E-state index contributed by atoms with van der Waals surface area (Å²) in [5.74, 6) is -0.0216. The third kappa shape index (κ3) is 17.7. The third-order valence-corrected chi connectivity index (χ3v) is 0.890. The molecule has 0 saturated carbocycles. The summed E-state index contributed by atoms with van der Waals surface area (Å²) in [6, 6.07) is 0. The second kappa shape index (κ2) is 8.54. The Bertz CT molecular complexity index is 72.6. The predicted molar refractivity (Wildman–Crippen MR) is 42.3 cm³/mol. The zero-order chi connectivity index (χ0) is 7.86. The van der Waals surface area contributed by atoms with E-state index in [1.807, 2.05) is 0 Å². The van der Waals surface area contributed by atoms with Crippen LogP contribution in [0.15, 0.2) is 0 Å². The molecule has 9 heavy (non-hydrogen) atoms. The SMILES string of the molecule is CC(C)C(=O)Cl.ClCCl. The molecular formula is C5H9Cl3O. The first-order chi connectivity index (χ1) is 4.06. The summed E-state index contributed by atoms with van der Waals surface area (Å²) in [5, 5.41) is -0.0741. The van der Waals surface area contributed by atoms with Gasteiger partial charge >= 0.3 is 0 Å². The highest BCUT2D eigenvalue weighted by atomic mass is 35.5. The largest absolute Gasteiger partial charge is 0.281 e. The summed E-state index contributed by atoms with van der Waals surface area (Å²) in [5.41, 5.74) is 0. The molecule has 0 heterocycles. The van der Waals surface area contributed by atoms with Gasteiger partial charge in [-0.2, -0.15) is 0 Å². The van der Waals surface area contributed by atoms with Gasteiger partial charge in [0.15, 0.2) is 0 Å². The fraction of sp³-hybridized carbons (Fsp3) is 0.800. The molecule has 0 saturated heterocycles. The van der Waals surface area contributed by atoms with Gasteiger partial charge in [0.05, 0.1) is 5.34 Å². The number of alkyl halides is 2. The molecule has 0 aromatic carbocycles. The van der Waals surface area contributed by atoms with Gasteiger partial charge < -0.3 is 0 Å². The van der Waals surface area contributed by atoms with E-state index in [4.69, 9.17) is 34.8 Å². The first-order valence-corrected chi connectivity index (χ1v) is 3.82. The molecule has 56 valence electrons. The Labute approximate surface area is 70.3 Å². The number of hydrogen-bond acceptors (Lipinski definition) is 1. The first kappa shape index (κ1) is 12.2. The molecule has 1 nitrogen and oxygen atoms in total. The first-order valence-electron chi connectivity index (χ1n) is 2.37. The molecule has 0 aromatic rings. The molecule has 4 heteroatoms. The molecular weight excluding hydrogens is 182 g/mol. The maximum Gasteiger partial charge on any atom is 0.224 e. The van der Waals surface area contributed by atoms with E-state index in [0.29, 0.717) is 0 Å². The molecule has 0 radical (unpaired) electrons. The average molecular weight is 191 g/mol. The number of halogens is 3. The molecule has 0 aromatic heterocycles. The van der Waals surface area contributed by atoms with Gasteiger partial charge in [-0.3, -0.25) is 4.79 Å². The maximum atomic E-state index is 9.91. The maximum absolute atomic E-state index is 9.91. The number of rotatable bonds is 1. The molecule has 0 amide bonds. The fourth-order valence-corrected chi connectivity index (χ4v) is 0. The molecule has 0 rings (SSSR count). The van der Waals surface area contributed by atoms with Crippen molar-refractivity contribution in [3.8, 4) is 0 Å². The van der Waals surface area contributed by atoms with Crippen LogP contribution in [0.1, 0.15) is 13.8 Å². The Kier molecular flexibility index (Phi) is 11.6. The van der Waals surface area contributed by atoms with Gasteiger partial charge in [0.1, 0.15) is 0 Å². The van der Waals surface area contributed by atoms with Gasteiger partial charge in [-0.25, -0.2) is 0 Å². The van der Waals surface area contributed by atoms with Crippen molar-refractivity contribution < 1.29 is 4.79 Å². The van der Waals surface area contributed by atoms with Crippen molar-refractivity contribution in [3.63, 3.8) is 0 Å². The van der Waals surface area contributed by atoms with Gasteiger partial charge in [0.25, 0.3) is 0 Å². The summed E-state index contributed by atoms with van der Waals surface area (Å²) in [4.78, 5) is 9.91. The quantitative estimate of drug-likeness (QED) is 0.460. The minimum atomic E-state index is -0.269.